The summed E-state index contributed by atoms with van der Waals surface area (Å²) < 4.78 is 1.86. The van der Waals surface area contributed by atoms with Gasteiger partial charge in [0.2, 0.25) is 0 Å². The molecule has 1 aliphatic rings. The van der Waals surface area contributed by atoms with Crippen LogP contribution in [0, 0.1) is 5.41 Å². The topological polar surface area (TPSA) is 42.7 Å². The van der Waals surface area contributed by atoms with Crippen molar-refractivity contribution in [2.24, 2.45) is 12.5 Å². The van der Waals surface area contributed by atoms with Gasteiger partial charge in [-0.05, 0) is 25.3 Å². The standard InChI is InChI=1S/C10H18N4/c1-10(4-5-10)8(11-2)6-9-12-7-13-14(9)3/h7-8,11H,4-6H2,1-3H3. The van der Waals surface area contributed by atoms with E-state index in [0.29, 0.717) is 11.5 Å². The fourth-order valence-corrected chi connectivity index (χ4v) is 1.93. The first-order valence-corrected chi connectivity index (χ1v) is 5.16. The van der Waals surface area contributed by atoms with Crippen LogP contribution in [0.5, 0.6) is 0 Å². The van der Waals surface area contributed by atoms with Gasteiger partial charge >= 0.3 is 0 Å². The highest BCUT2D eigenvalue weighted by Crippen LogP contribution is 2.48. The molecule has 0 aliphatic heterocycles. The third-order valence-electron chi connectivity index (χ3n) is 3.42. The molecule has 1 aromatic heterocycles. The van der Waals surface area contributed by atoms with Crippen LogP contribution < -0.4 is 5.32 Å². The van der Waals surface area contributed by atoms with Gasteiger partial charge in [0.05, 0.1) is 0 Å². The van der Waals surface area contributed by atoms with Gasteiger partial charge < -0.3 is 5.32 Å². The first-order chi connectivity index (χ1) is 6.65. The molecule has 1 saturated carbocycles. The molecule has 0 aromatic carbocycles. The van der Waals surface area contributed by atoms with E-state index in [-0.39, 0.29) is 0 Å². The van der Waals surface area contributed by atoms with Crippen molar-refractivity contribution in [1.29, 1.82) is 0 Å². The normalized spacial score (nSPS) is 20.8. The Morgan fingerprint density at radius 1 is 1.64 bits per heavy atom. The van der Waals surface area contributed by atoms with Crippen LogP contribution in [-0.2, 0) is 13.5 Å². The summed E-state index contributed by atoms with van der Waals surface area (Å²) in [5, 5.41) is 7.47. The summed E-state index contributed by atoms with van der Waals surface area (Å²) in [5.41, 5.74) is 0.487. The Labute approximate surface area is 84.7 Å². The van der Waals surface area contributed by atoms with Crippen LogP contribution in [0.25, 0.3) is 0 Å². The van der Waals surface area contributed by atoms with Crippen LogP contribution in [0.2, 0.25) is 0 Å². The van der Waals surface area contributed by atoms with Crippen LogP contribution in [0.4, 0.5) is 0 Å². The monoisotopic (exact) mass is 194 g/mol. The van der Waals surface area contributed by atoms with Crippen molar-refractivity contribution in [2.75, 3.05) is 7.05 Å². The molecular formula is C10H18N4. The van der Waals surface area contributed by atoms with Crippen LogP contribution in [0.15, 0.2) is 6.33 Å². The number of aryl methyl sites for hydroxylation is 1. The highest BCUT2D eigenvalue weighted by Gasteiger charge is 2.44. The smallest absolute Gasteiger partial charge is 0.138 e. The fraction of sp³-hybridized carbons (Fsp3) is 0.800. The molecule has 1 atom stereocenters. The minimum atomic E-state index is 0.487. The Kier molecular flexibility index (Phi) is 2.31. The molecule has 0 bridgehead atoms. The first kappa shape index (κ1) is 9.65. The summed E-state index contributed by atoms with van der Waals surface area (Å²) in [7, 11) is 3.98. The van der Waals surface area contributed by atoms with E-state index in [1.54, 1.807) is 6.33 Å². The number of nitrogens with zero attached hydrogens (tertiary/aromatic N) is 3. The zero-order chi connectivity index (χ0) is 10.2. The lowest BCUT2D eigenvalue weighted by molar-refractivity contribution is 0.366. The second-order valence-electron chi connectivity index (χ2n) is 4.50. The largest absolute Gasteiger partial charge is 0.316 e. The summed E-state index contributed by atoms with van der Waals surface area (Å²) in [5.74, 6) is 1.07. The molecule has 1 unspecified atom stereocenters. The van der Waals surface area contributed by atoms with Crippen LogP contribution >= 0.6 is 0 Å². The van der Waals surface area contributed by atoms with Crippen molar-refractivity contribution >= 4 is 0 Å². The second-order valence-corrected chi connectivity index (χ2v) is 4.50. The summed E-state index contributed by atoms with van der Waals surface area (Å²) in [6.07, 6.45) is 5.26. The lowest BCUT2D eigenvalue weighted by Gasteiger charge is -2.22. The van der Waals surface area contributed by atoms with E-state index in [9.17, 15) is 0 Å². The van der Waals surface area contributed by atoms with Crippen LogP contribution in [0.3, 0.4) is 0 Å². The Hall–Kier alpha value is -0.900. The maximum atomic E-state index is 4.26. The van der Waals surface area contributed by atoms with E-state index >= 15 is 0 Å². The Bertz CT molecular complexity index is 314. The van der Waals surface area contributed by atoms with E-state index in [0.717, 1.165) is 12.2 Å². The van der Waals surface area contributed by atoms with Gasteiger partial charge in [0.1, 0.15) is 12.2 Å². The molecule has 1 fully saturated rings. The SMILES string of the molecule is CNC(Cc1ncnn1C)C1(C)CC1. The van der Waals surface area contributed by atoms with Crippen molar-refractivity contribution < 1.29 is 0 Å². The molecule has 1 aromatic rings. The number of aromatic nitrogens is 3. The van der Waals surface area contributed by atoms with Gasteiger partial charge in [-0.3, -0.25) is 4.68 Å². The average molecular weight is 194 g/mol. The molecule has 1 heterocycles. The average Bonchev–Trinajstić information content (AvgIpc) is 2.77. The molecular weight excluding hydrogens is 176 g/mol. The van der Waals surface area contributed by atoms with E-state index in [1.807, 2.05) is 18.8 Å². The van der Waals surface area contributed by atoms with E-state index in [2.05, 4.69) is 22.3 Å². The lowest BCUT2D eigenvalue weighted by Crippen LogP contribution is -2.36. The minimum Gasteiger partial charge on any atom is -0.316 e. The van der Waals surface area contributed by atoms with Crippen molar-refractivity contribution in [1.82, 2.24) is 20.1 Å². The number of hydrogen-bond donors (Lipinski definition) is 1. The van der Waals surface area contributed by atoms with Crippen molar-refractivity contribution in [3.63, 3.8) is 0 Å². The molecule has 2 rings (SSSR count). The minimum absolute atomic E-state index is 0.487. The van der Waals surface area contributed by atoms with Crippen molar-refractivity contribution in [3.05, 3.63) is 12.2 Å². The summed E-state index contributed by atoms with van der Waals surface area (Å²) in [6, 6.07) is 0.533. The van der Waals surface area contributed by atoms with E-state index in [4.69, 9.17) is 0 Å². The van der Waals surface area contributed by atoms with E-state index in [1.165, 1.54) is 12.8 Å². The highest BCUT2D eigenvalue weighted by molar-refractivity contribution is 5.02. The molecule has 0 saturated heterocycles. The molecule has 4 heteroatoms. The molecule has 4 nitrogen and oxygen atoms in total. The number of likely N-dealkylation sites (N-methyl/N-ethyl adjacent to an activating group) is 1. The van der Waals surface area contributed by atoms with Gasteiger partial charge in [-0.2, -0.15) is 5.10 Å². The van der Waals surface area contributed by atoms with Gasteiger partial charge in [-0.1, -0.05) is 6.92 Å². The van der Waals surface area contributed by atoms with Crippen LogP contribution in [-0.4, -0.2) is 27.9 Å². The number of hydrogen-bond acceptors (Lipinski definition) is 3. The summed E-state index contributed by atoms with van der Waals surface area (Å²) in [4.78, 5) is 4.26. The van der Waals surface area contributed by atoms with E-state index < -0.39 is 0 Å². The summed E-state index contributed by atoms with van der Waals surface area (Å²) in [6.45, 7) is 2.34. The third-order valence-corrected chi connectivity index (χ3v) is 3.42. The first-order valence-electron chi connectivity index (χ1n) is 5.16. The zero-order valence-electron chi connectivity index (χ0n) is 9.12. The molecule has 1 aliphatic carbocycles. The Morgan fingerprint density at radius 2 is 2.36 bits per heavy atom. The molecule has 0 radical (unpaired) electrons. The molecule has 0 amide bonds. The molecule has 14 heavy (non-hydrogen) atoms. The number of nitrogens with one attached hydrogen (secondary N) is 1. The Balaban J connectivity index is 2.05. The molecule has 78 valence electrons. The predicted molar refractivity (Wildman–Crippen MR) is 54.9 cm³/mol. The Morgan fingerprint density at radius 3 is 2.79 bits per heavy atom. The number of rotatable bonds is 4. The van der Waals surface area contributed by atoms with Gasteiger partial charge in [0.15, 0.2) is 0 Å². The second kappa shape index (κ2) is 3.35. The maximum Gasteiger partial charge on any atom is 0.138 e. The summed E-state index contributed by atoms with van der Waals surface area (Å²) >= 11 is 0. The van der Waals surface area contributed by atoms with Crippen LogP contribution in [0.1, 0.15) is 25.6 Å². The van der Waals surface area contributed by atoms with Gasteiger partial charge in [-0.25, -0.2) is 4.98 Å². The maximum absolute atomic E-state index is 4.26. The highest BCUT2D eigenvalue weighted by atomic mass is 15.3. The fourth-order valence-electron chi connectivity index (χ4n) is 1.93. The van der Waals surface area contributed by atoms with Gasteiger partial charge in [0, 0.05) is 19.5 Å². The lowest BCUT2D eigenvalue weighted by atomic mass is 9.96. The van der Waals surface area contributed by atoms with Gasteiger partial charge in [0.25, 0.3) is 0 Å². The predicted octanol–water partition coefficient (Wildman–Crippen LogP) is 0.746. The third kappa shape index (κ3) is 1.66. The van der Waals surface area contributed by atoms with Crippen molar-refractivity contribution in [2.45, 2.75) is 32.2 Å². The quantitative estimate of drug-likeness (QED) is 0.769. The van der Waals surface area contributed by atoms with Gasteiger partial charge in [-0.15, -0.1) is 0 Å². The zero-order valence-corrected chi connectivity index (χ0v) is 9.12. The molecule has 1 N–H and O–H groups in total. The van der Waals surface area contributed by atoms with Crippen molar-refractivity contribution in [3.8, 4) is 0 Å². The molecule has 0 spiro atoms.